The Hall–Kier alpha value is -1.45. The summed E-state index contributed by atoms with van der Waals surface area (Å²) in [5, 5.41) is 3.50. The molecule has 3 heteroatoms. The number of hydrogen-bond acceptors (Lipinski definition) is 3. The molecule has 2 nitrogen and oxygen atoms in total. The van der Waals surface area contributed by atoms with Crippen molar-refractivity contribution >= 4 is 17.4 Å². The molecule has 26 heavy (non-hydrogen) atoms. The van der Waals surface area contributed by atoms with Gasteiger partial charge in [-0.15, -0.1) is 17.9 Å². The molecule has 3 atom stereocenters. The maximum absolute atomic E-state index is 5.44. The molecular formula is C23H33NOS. The normalized spacial score (nSPS) is 21.6. The number of rotatable bonds is 12. The topological polar surface area (TPSA) is 22.1 Å². The standard InChI is InChI=1S/C23H33NOS/c1-5-11-21(25-4)15-14-18(2)12-9-7-6-8-10-13-20-17-26-23(24-20)22-16-19(22)3/h5,7,9-10,12-13,17,19,21-22H,1,6,8,11,14-16H2,2-4H3/b9-7+,13-10-,18-12+/t19?,21-,22?/m0/s1. The summed E-state index contributed by atoms with van der Waals surface area (Å²) in [5.74, 6) is 1.57. The number of methoxy groups -OCH3 is 1. The number of hydrogen-bond donors (Lipinski definition) is 0. The zero-order chi connectivity index (χ0) is 18.8. The van der Waals surface area contributed by atoms with Crippen molar-refractivity contribution in [3.63, 3.8) is 0 Å². The molecule has 1 aliphatic rings. The second-order valence-corrected chi connectivity index (χ2v) is 8.16. The van der Waals surface area contributed by atoms with Crippen LogP contribution in [0.5, 0.6) is 0 Å². The number of nitrogens with zero attached hydrogens (tertiary/aromatic N) is 1. The summed E-state index contributed by atoms with van der Waals surface area (Å²) in [4.78, 5) is 4.72. The lowest BCUT2D eigenvalue weighted by Gasteiger charge is -2.12. The molecule has 0 saturated heterocycles. The maximum atomic E-state index is 5.44. The first-order valence-corrected chi connectivity index (χ1v) is 10.6. The van der Waals surface area contributed by atoms with E-state index in [4.69, 9.17) is 9.72 Å². The lowest BCUT2D eigenvalue weighted by Crippen LogP contribution is -2.08. The molecule has 2 unspecified atom stereocenters. The van der Waals surface area contributed by atoms with Crippen molar-refractivity contribution in [2.75, 3.05) is 7.11 Å². The SMILES string of the molecule is C=CC[C@@H](CC/C(C)=C/C=C/CC/C=C\c1csc(C2CC2C)n1)OC. The van der Waals surface area contributed by atoms with Gasteiger partial charge in [0.25, 0.3) is 0 Å². The summed E-state index contributed by atoms with van der Waals surface area (Å²) < 4.78 is 5.44. The zero-order valence-corrected chi connectivity index (χ0v) is 17.3. The Kier molecular flexibility index (Phi) is 9.07. The van der Waals surface area contributed by atoms with Crippen molar-refractivity contribution in [2.24, 2.45) is 5.92 Å². The van der Waals surface area contributed by atoms with Crippen molar-refractivity contribution in [3.05, 3.63) is 58.6 Å². The first-order valence-electron chi connectivity index (χ1n) is 9.72. The maximum Gasteiger partial charge on any atom is 0.0966 e. The molecule has 0 N–H and O–H groups in total. The molecule has 0 radical (unpaired) electrons. The second kappa shape index (κ2) is 11.3. The third kappa shape index (κ3) is 7.43. The largest absolute Gasteiger partial charge is 0.381 e. The summed E-state index contributed by atoms with van der Waals surface area (Å²) in [5.41, 5.74) is 2.52. The van der Waals surface area contributed by atoms with Gasteiger partial charge in [-0.25, -0.2) is 4.98 Å². The molecule has 1 saturated carbocycles. The van der Waals surface area contributed by atoms with Crippen LogP contribution in [0, 0.1) is 5.92 Å². The molecular weight excluding hydrogens is 338 g/mol. The van der Waals surface area contributed by atoms with Crippen molar-refractivity contribution < 1.29 is 4.74 Å². The van der Waals surface area contributed by atoms with Crippen LogP contribution in [0.3, 0.4) is 0 Å². The summed E-state index contributed by atoms with van der Waals surface area (Å²) in [6.45, 7) is 8.27. The first-order chi connectivity index (χ1) is 12.6. The zero-order valence-electron chi connectivity index (χ0n) is 16.5. The van der Waals surface area contributed by atoms with E-state index in [1.807, 2.05) is 17.4 Å². The van der Waals surface area contributed by atoms with Gasteiger partial charge in [0.15, 0.2) is 0 Å². The molecule has 0 amide bonds. The summed E-state index contributed by atoms with van der Waals surface area (Å²) in [6, 6.07) is 0. The van der Waals surface area contributed by atoms with E-state index in [2.05, 4.69) is 56.2 Å². The highest BCUT2D eigenvalue weighted by Gasteiger charge is 2.36. The van der Waals surface area contributed by atoms with Crippen LogP contribution in [0.2, 0.25) is 0 Å². The first kappa shape index (κ1) is 20.9. The summed E-state index contributed by atoms with van der Waals surface area (Å²) >= 11 is 1.81. The lowest BCUT2D eigenvalue weighted by atomic mass is 10.1. The van der Waals surface area contributed by atoms with Crippen LogP contribution in [0.25, 0.3) is 6.08 Å². The molecule has 1 fully saturated rings. The van der Waals surface area contributed by atoms with Crippen molar-refractivity contribution in [3.8, 4) is 0 Å². The fraction of sp³-hybridized carbons (Fsp3) is 0.522. The highest BCUT2D eigenvalue weighted by Crippen LogP contribution is 2.47. The molecule has 0 aromatic carbocycles. The van der Waals surface area contributed by atoms with Crippen molar-refractivity contribution in [2.45, 2.75) is 64.4 Å². The molecule has 0 spiro atoms. The summed E-state index contributed by atoms with van der Waals surface area (Å²) in [6.07, 6.45) is 19.7. The number of allylic oxidation sites excluding steroid dienone is 5. The van der Waals surface area contributed by atoms with Crippen LogP contribution in [0.1, 0.15) is 69.0 Å². The van der Waals surface area contributed by atoms with E-state index in [1.54, 1.807) is 7.11 Å². The van der Waals surface area contributed by atoms with Gasteiger partial charge in [-0.3, -0.25) is 0 Å². The Bertz CT molecular complexity index is 640. The van der Waals surface area contributed by atoms with Crippen LogP contribution < -0.4 is 0 Å². The van der Waals surface area contributed by atoms with Gasteiger partial charge >= 0.3 is 0 Å². The molecule has 142 valence electrons. The van der Waals surface area contributed by atoms with E-state index in [-0.39, 0.29) is 0 Å². The predicted molar refractivity (Wildman–Crippen MR) is 115 cm³/mol. The molecule has 1 aromatic rings. The minimum absolute atomic E-state index is 0.291. The Morgan fingerprint density at radius 3 is 2.88 bits per heavy atom. The van der Waals surface area contributed by atoms with Crippen LogP contribution in [0.4, 0.5) is 0 Å². The Balaban J connectivity index is 1.62. The molecule has 0 bridgehead atoms. The van der Waals surface area contributed by atoms with Crippen LogP contribution in [0.15, 0.2) is 47.9 Å². The van der Waals surface area contributed by atoms with Gasteiger partial charge in [-0.05, 0) is 57.4 Å². The van der Waals surface area contributed by atoms with Gasteiger partial charge in [0.1, 0.15) is 0 Å². The summed E-state index contributed by atoms with van der Waals surface area (Å²) in [7, 11) is 1.78. The highest BCUT2D eigenvalue weighted by molar-refractivity contribution is 7.09. The Labute approximate surface area is 163 Å². The van der Waals surface area contributed by atoms with Crippen molar-refractivity contribution in [1.82, 2.24) is 4.98 Å². The van der Waals surface area contributed by atoms with Crippen LogP contribution in [-0.4, -0.2) is 18.2 Å². The average Bonchev–Trinajstić information content (AvgIpc) is 3.18. The number of thiazole rings is 1. The third-order valence-electron chi connectivity index (χ3n) is 4.90. The lowest BCUT2D eigenvalue weighted by molar-refractivity contribution is 0.0981. The minimum Gasteiger partial charge on any atom is -0.381 e. The molecule has 2 rings (SSSR count). The fourth-order valence-corrected chi connectivity index (χ4v) is 3.96. The van der Waals surface area contributed by atoms with Gasteiger partial charge in [0.05, 0.1) is 16.8 Å². The predicted octanol–water partition coefficient (Wildman–Crippen LogP) is 6.93. The fourth-order valence-electron chi connectivity index (χ4n) is 2.93. The smallest absolute Gasteiger partial charge is 0.0966 e. The van der Waals surface area contributed by atoms with Gasteiger partial charge in [-0.1, -0.05) is 42.9 Å². The molecule has 1 heterocycles. The quantitative estimate of drug-likeness (QED) is 0.226. The van der Waals surface area contributed by atoms with Crippen molar-refractivity contribution in [1.29, 1.82) is 0 Å². The van der Waals surface area contributed by atoms with Gasteiger partial charge in [0, 0.05) is 18.4 Å². The molecule has 0 aliphatic heterocycles. The van der Waals surface area contributed by atoms with E-state index in [9.17, 15) is 0 Å². The van der Waals surface area contributed by atoms with E-state index >= 15 is 0 Å². The van der Waals surface area contributed by atoms with Gasteiger partial charge < -0.3 is 4.74 Å². The van der Waals surface area contributed by atoms with Gasteiger partial charge in [-0.2, -0.15) is 0 Å². The van der Waals surface area contributed by atoms with Crippen LogP contribution >= 0.6 is 11.3 Å². The van der Waals surface area contributed by atoms with E-state index in [0.717, 1.165) is 49.6 Å². The molecule has 1 aromatic heterocycles. The highest BCUT2D eigenvalue weighted by atomic mass is 32.1. The van der Waals surface area contributed by atoms with E-state index in [0.29, 0.717) is 6.10 Å². The number of aromatic nitrogens is 1. The van der Waals surface area contributed by atoms with Crippen LogP contribution in [-0.2, 0) is 4.74 Å². The van der Waals surface area contributed by atoms with Gasteiger partial charge in [0.2, 0.25) is 0 Å². The number of ether oxygens (including phenoxy) is 1. The number of unbranched alkanes of at least 4 members (excludes halogenated alkanes) is 1. The minimum atomic E-state index is 0.291. The van der Waals surface area contributed by atoms with E-state index in [1.165, 1.54) is 17.0 Å². The second-order valence-electron chi connectivity index (χ2n) is 7.27. The average molecular weight is 372 g/mol. The Morgan fingerprint density at radius 1 is 1.42 bits per heavy atom. The monoisotopic (exact) mass is 371 g/mol. The Morgan fingerprint density at radius 2 is 2.19 bits per heavy atom. The third-order valence-corrected chi connectivity index (χ3v) is 5.89. The van der Waals surface area contributed by atoms with E-state index < -0.39 is 0 Å². The molecule has 1 aliphatic carbocycles.